The Hall–Kier alpha value is -1.14. The zero-order chi connectivity index (χ0) is 15.6. The van der Waals surface area contributed by atoms with E-state index in [2.05, 4.69) is 31.1 Å². The van der Waals surface area contributed by atoms with Gasteiger partial charge in [0.25, 0.3) is 0 Å². The van der Waals surface area contributed by atoms with Gasteiger partial charge in [-0.3, -0.25) is 0 Å². The number of thiazole rings is 1. The zero-order valence-electron chi connectivity index (χ0n) is 13.1. The number of nitrogens with one attached hydrogen (secondary N) is 1. The number of nitrogens with zero attached hydrogens (tertiary/aromatic N) is 2. The number of hydrogen-bond donors (Lipinski definition) is 2. The number of aromatic nitrogens is 1. The third-order valence-electron chi connectivity index (χ3n) is 2.68. The van der Waals surface area contributed by atoms with Gasteiger partial charge in [0.1, 0.15) is 5.01 Å². The van der Waals surface area contributed by atoms with Crippen LogP contribution in [0.3, 0.4) is 0 Å². The molecule has 0 aliphatic rings. The van der Waals surface area contributed by atoms with Gasteiger partial charge in [-0.25, -0.2) is 9.78 Å². The Morgan fingerprint density at radius 1 is 1.40 bits per heavy atom. The lowest BCUT2D eigenvalue weighted by atomic mass is 9.93. The van der Waals surface area contributed by atoms with Gasteiger partial charge in [-0.2, -0.15) is 0 Å². The van der Waals surface area contributed by atoms with E-state index in [9.17, 15) is 9.90 Å². The Bertz CT molecular complexity index is 458. The molecule has 1 aromatic rings. The van der Waals surface area contributed by atoms with Crippen molar-refractivity contribution in [3.63, 3.8) is 0 Å². The van der Waals surface area contributed by atoms with Crippen LogP contribution in [-0.2, 0) is 12.0 Å². The average molecular weight is 299 g/mol. The lowest BCUT2D eigenvalue weighted by Gasteiger charge is -2.25. The topological polar surface area (TPSA) is 65.5 Å². The van der Waals surface area contributed by atoms with Gasteiger partial charge >= 0.3 is 6.03 Å². The quantitative estimate of drug-likeness (QED) is 0.897. The van der Waals surface area contributed by atoms with Crippen LogP contribution in [0.2, 0.25) is 0 Å². The van der Waals surface area contributed by atoms with E-state index in [0.717, 1.165) is 10.7 Å². The molecule has 2 amide bonds. The second-order valence-corrected chi connectivity index (χ2v) is 7.65. The highest BCUT2D eigenvalue weighted by Crippen LogP contribution is 2.23. The maximum absolute atomic E-state index is 11.9. The fraction of sp³-hybridized carbons (Fsp3) is 0.714. The normalized spacial score (nSPS) is 12.3. The van der Waals surface area contributed by atoms with Crippen LogP contribution < -0.4 is 5.32 Å². The highest BCUT2D eigenvalue weighted by molar-refractivity contribution is 7.09. The fourth-order valence-corrected chi connectivity index (χ4v) is 2.64. The van der Waals surface area contributed by atoms with Crippen molar-refractivity contribution in [1.29, 1.82) is 0 Å². The molecule has 0 aliphatic carbocycles. The molecule has 0 fully saturated rings. The van der Waals surface area contributed by atoms with Crippen LogP contribution in [0.4, 0.5) is 4.79 Å². The monoisotopic (exact) mass is 299 g/mol. The predicted octanol–water partition coefficient (Wildman–Crippen LogP) is 2.35. The number of urea groups is 1. The molecule has 2 N–H and O–H groups in total. The minimum Gasteiger partial charge on any atom is -0.389 e. The molecule has 1 rings (SSSR count). The first kappa shape index (κ1) is 16.9. The number of hydrogen-bond acceptors (Lipinski definition) is 4. The van der Waals surface area contributed by atoms with E-state index in [1.807, 2.05) is 5.38 Å². The van der Waals surface area contributed by atoms with Crippen molar-refractivity contribution >= 4 is 17.4 Å². The van der Waals surface area contributed by atoms with Gasteiger partial charge in [0.2, 0.25) is 0 Å². The van der Waals surface area contributed by atoms with Crippen LogP contribution >= 0.6 is 11.3 Å². The van der Waals surface area contributed by atoms with Gasteiger partial charge in [-0.1, -0.05) is 20.8 Å². The molecule has 0 spiro atoms. The minimum absolute atomic E-state index is 0.0243. The molecule has 5 nitrogen and oxygen atoms in total. The lowest BCUT2D eigenvalue weighted by molar-refractivity contribution is 0.0531. The van der Waals surface area contributed by atoms with Crippen LogP contribution in [0.1, 0.15) is 45.3 Å². The molecule has 0 aliphatic heterocycles. The first-order valence-corrected chi connectivity index (χ1v) is 7.53. The highest BCUT2D eigenvalue weighted by Gasteiger charge is 2.20. The second kappa shape index (κ2) is 6.10. The molecule has 0 atom stereocenters. The van der Waals surface area contributed by atoms with E-state index in [4.69, 9.17) is 0 Å². The van der Waals surface area contributed by atoms with Crippen molar-refractivity contribution in [2.24, 2.45) is 0 Å². The minimum atomic E-state index is -0.896. The fourth-order valence-electron chi connectivity index (χ4n) is 1.67. The first-order chi connectivity index (χ1) is 8.99. The summed E-state index contributed by atoms with van der Waals surface area (Å²) in [5, 5.41) is 15.4. The van der Waals surface area contributed by atoms with Crippen LogP contribution in [0.15, 0.2) is 5.38 Å². The standard InChI is InChI=1S/C14H25N3O2S/c1-13(2,3)10-8-20-11(16-10)7-15-12(18)17(6)9-14(4,5)19/h8,19H,7,9H2,1-6H3,(H,15,18). The Morgan fingerprint density at radius 3 is 2.45 bits per heavy atom. The lowest BCUT2D eigenvalue weighted by Crippen LogP contribution is -2.44. The van der Waals surface area contributed by atoms with Crippen molar-refractivity contribution in [3.05, 3.63) is 16.1 Å². The van der Waals surface area contributed by atoms with Crippen LogP contribution in [-0.4, -0.2) is 40.2 Å². The zero-order valence-corrected chi connectivity index (χ0v) is 14.0. The summed E-state index contributed by atoms with van der Waals surface area (Å²) in [4.78, 5) is 17.9. The van der Waals surface area contributed by atoms with Crippen LogP contribution in [0, 0.1) is 0 Å². The number of carbonyl (C=O) groups excluding carboxylic acids is 1. The molecule has 0 unspecified atom stereocenters. The Morgan fingerprint density at radius 2 is 2.00 bits per heavy atom. The summed E-state index contributed by atoms with van der Waals surface area (Å²) < 4.78 is 0. The molecular formula is C14H25N3O2S. The van der Waals surface area contributed by atoms with Crippen molar-refractivity contribution in [1.82, 2.24) is 15.2 Å². The number of likely N-dealkylation sites (N-methyl/N-ethyl adjacent to an activating group) is 1. The maximum atomic E-state index is 11.9. The molecule has 6 heteroatoms. The van der Waals surface area contributed by atoms with Crippen LogP contribution in [0.5, 0.6) is 0 Å². The van der Waals surface area contributed by atoms with E-state index in [1.54, 1.807) is 32.2 Å². The third-order valence-corrected chi connectivity index (χ3v) is 3.53. The molecule has 0 saturated heterocycles. The third kappa shape index (κ3) is 5.46. The molecule has 1 heterocycles. The number of aliphatic hydroxyl groups is 1. The van der Waals surface area contributed by atoms with Crippen molar-refractivity contribution < 1.29 is 9.90 Å². The summed E-state index contributed by atoms with van der Waals surface area (Å²) in [6.07, 6.45) is 0. The maximum Gasteiger partial charge on any atom is 0.317 e. The van der Waals surface area contributed by atoms with Gasteiger partial charge in [0.05, 0.1) is 24.4 Å². The van der Waals surface area contributed by atoms with Gasteiger partial charge in [0.15, 0.2) is 0 Å². The van der Waals surface area contributed by atoms with Gasteiger partial charge in [0, 0.05) is 17.8 Å². The molecule has 0 radical (unpaired) electrons. The molecule has 114 valence electrons. The Kier molecular flexibility index (Phi) is 5.15. The molecule has 1 aromatic heterocycles. The van der Waals surface area contributed by atoms with Gasteiger partial charge in [-0.05, 0) is 13.8 Å². The van der Waals surface area contributed by atoms with E-state index in [-0.39, 0.29) is 18.0 Å². The van der Waals surface area contributed by atoms with Gasteiger partial charge in [-0.15, -0.1) is 11.3 Å². The highest BCUT2D eigenvalue weighted by atomic mass is 32.1. The summed E-state index contributed by atoms with van der Waals surface area (Å²) in [5.74, 6) is 0. The predicted molar refractivity (Wildman–Crippen MR) is 82.0 cm³/mol. The second-order valence-electron chi connectivity index (χ2n) is 6.70. The van der Waals surface area contributed by atoms with Gasteiger partial charge < -0.3 is 15.3 Å². The Labute approximate surface area is 125 Å². The summed E-state index contributed by atoms with van der Waals surface area (Å²) in [6.45, 7) is 10.4. The Balaban J connectivity index is 2.51. The summed E-state index contributed by atoms with van der Waals surface area (Å²) in [7, 11) is 1.66. The average Bonchev–Trinajstić information content (AvgIpc) is 2.71. The number of rotatable bonds is 4. The van der Waals surface area contributed by atoms with Crippen LogP contribution in [0.25, 0.3) is 0 Å². The summed E-state index contributed by atoms with van der Waals surface area (Å²) in [6, 6.07) is -0.209. The smallest absolute Gasteiger partial charge is 0.317 e. The van der Waals surface area contributed by atoms with E-state index >= 15 is 0 Å². The molecular weight excluding hydrogens is 274 g/mol. The van der Waals surface area contributed by atoms with Crippen molar-refractivity contribution in [2.45, 2.75) is 52.2 Å². The number of amides is 2. The molecule has 0 bridgehead atoms. The molecule has 20 heavy (non-hydrogen) atoms. The number of carbonyl (C=O) groups is 1. The molecule has 0 saturated carbocycles. The summed E-state index contributed by atoms with van der Waals surface area (Å²) in [5.41, 5.74) is 0.167. The van der Waals surface area contributed by atoms with E-state index < -0.39 is 5.60 Å². The largest absolute Gasteiger partial charge is 0.389 e. The van der Waals surface area contributed by atoms with Crippen molar-refractivity contribution in [2.75, 3.05) is 13.6 Å². The SMILES string of the molecule is CN(CC(C)(C)O)C(=O)NCc1nc(C(C)(C)C)cs1. The first-order valence-electron chi connectivity index (χ1n) is 6.65. The summed E-state index contributed by atoms with van der Waals surface area (Å²) >= 11 is 1.55. The van der Waals surface area contributed by atoms with Crippen molar-refractivity contribution in [3.8, 4) is 0 Å². The van der Waals surface area contributed by atoms with E-state index in [0.29, 0.717) is 6.54 Å². The van der Waals surface area contributed by atoms with E-state index in [1.165, 1.54) is 4.90 Å². The molecule has 0 aromatic carbocycles.